The number of sulfone groups is 1. The minimum atomic E-state index is -3.07. The quantitative estimate of drug-likeness (QED) is 0.470. The van der Waals surface area contributed by atoms with Crippen LogP contribution >= 0.6 is 11.8 Å². The molecule has 0 aliphatic carbocycles. The summed E-state index contributed by atoms with van der Waals surface area (Å²) in [6.45, 7) is 3.95. The van der Waals surface area contributed by atoms with Gasteiger partial charge in [-0.2, -0.15) is 0 Å². The van der Waals surface area contributed by atoms with E-state index in [2.05, 4.69) is 15.3 Å². The molecule has 3 rings (SSSR count). The molecule has 0 unspecified atom stereocenters. The monoisotopic (exact) mass is 462 g/mol. The van der Waals surface area contributed by atoms with E-state index in [0.29, 0.717) is 18.1 Å². The van der Waals surface area contributed by atoms with Gasteiger partial charge in [0.1, 0.15) is 0 Å². The van der Waals surface area contributed by atoms with Crippen LogP contribution in [0.25, 0.3) is 11.3 Å². The fourth-order valence-corrected chi connectivity index (χ4v) is 5.79. The molecule has 1 saturated heterocycles. The van der Waals surface area contributed by atoms with Crippen molar-refractivity contribution in [2.75, 3.05) is 30.3 Å². The molecule has 2 amide bonds. The zero-order valence-corrected chi connectivity index (χ0v) is 19.2. The Morgan fingerprint density at radius 1 is 1.23 bits per heavy atom. The van der Waals surface area contributed by atoms with Crippen LogP contribution in [0.1, 0.15) is 19.0 Å². The first-order chi connectivity index (χ1) is 14.8. The maximum atomic E-state index is 12.6. The molecule has 2 heterocycles. The molecule has 1 aliphatic rings. The Balaban J connectivity index is 1.56. The number of aryl methyl sites for hydroxylation is 1. The lowest BCUT2D eigenvalue weighted by atomic mass is 10.1. The van der Waals surface area contributed by atoms with Crippen molar-refractivity contribution in [1.29, 1.82) is 0 Å². The summed E-state index contributed by atoms with van der Waals surface area (Å²) in [5.41, 5.74) is 2.57. The van der Waals surface area contributed by atoms with Crippen LogP contribution in [0.2, 0.25) is 0 Å². The Morgan fingerprint density at radius 3 is 2.61 bits per heavy atom. The van der Waals surface area contributed by atoms with Gasteiger partial charge in [0.05, 0.1) is 29.5 Å². The number of nitrogens with zero attached hydrogens (tertiary/aromatic N) is 3. The number of hydrogen-bond donors (Lipinski definition) is 1. The first-order valence-corrected chi connectivity index (χ1v) is 12.9. The van der Waals surface area contributed by atoms with Gasteiger partial charge in [0.25, 0.3) is 0 Å². The van der Waals surface area contributed by atoms with Crippen LogP contribution < -0.4 is 5.32 Å². The summed E-state index contributed by atoms with van der Waals surface area (Å²) >= 11 is 1.23. The van der Waals surface area contributed by atoms with Crippen LogP contribution in [0.3, 0.4) is 0 Å². The fourth-order valence-electron chi connectivity index (χ4n) is 3.31. The molecule has 0 spiro atoms. The molecular weight excluding hydrogens is 436 g/mol. The van der Waals surface area contributed by atoms with Crippen LogP contribution in [0, 0.1) is 6.92 Å². The van der Waals surface area contributed by atoms with Crippen molar-refractivity contribution in [2.45, 2.75) is 31.5 Å². The highest BCUT2D eigenvalue weighted by Crippen LogP contribution is 2.22. The number of carbonyl (C=O) groups excluding carboxylic acids is 2. The lowest BCUT2D eigenvalue weighted by Gasteiger charge is -2.21. The second kappa shape index (κ2) is 10.2. The van der Waals surface area contributed by atoms with Gasteiger partial charge in [-0.15, -0.1) is 0 Å². The van der Waals surface area contributed by atoms with E-state index < -0.39 is 9.84 Å². The van der Waals surface area contributed by atoms with E-state index in [0.717, 1.165) is 17.0 Å². The highest BCUT2D eigenvalue weighted by molar-refractivity contribution is 7.99. The summed E-state index contributed by atoms with van der Waals surface area (Å²) in [5.74, 6) is -0.389. The van der Waals surface area contributed by atoms with Gasteiger partial charge in [0.2, 0.25) is 11.8 Å². The van der Waals surface area contributed by atoms with Crippen molar-refractivity contribution in [2.24, 2.45) is 0 Å². The zero-order valence-electron chi connectivity index (χ0n) is 17.6. The lowest BCUT2D eigenvalue weighted by molar-refractivity contribution is -0.134. The average molecular weight is 463 g/mol. The van der Waals surface area contributed by atoms with Gasteiger partial charge in [-0.25, -0.2) is 18.4 Å². The zero-order chi connectivity index (χ0) is 22.4. The SMILES string of the molecule is CCN(CC(=O)N[C@H]1CCS(=O)(=O)C1)C(=O)CSc1nc(C)cc(-c2ccccc2)n1. The van der Waals surface area contributed by atoms with Crippen LogP contribution in [0.4, 0.5) is 0 Å². The summed E-state index contributed by atoms with van der Waals surface area (Å²) in [5, 5.41) is 3.22. The van der Waals surface area contributed by atoms with Gasteiger partial charge in [0.15, 0.2) is 15.0 Å². The second-order valence-electron chi connectivity index (χ2n) is 7.41. The van der Waals surface area contributed by atoms with Gasteiger partial charge >= 0.3 is 0 Å². The van der Waals surface area contributed by atoms with Crippen molar-refractivity contribution in [1.82, 2.24) is 20.2 Å². The van der Waals surface area contributed by atoms with Crippen LogP contribution in [-0.4, -0.2) is 71.5 Å². The lowest BCUT2D eigenvalue weighted by Crippen LogP contribution is -2.45. The molecule has 166 valence electrons. The van der Waals surface area contributed by atoms with Crippen molar-refractivity contribution in [3.05, 3.63) is 42.1 Å². The van der Waals surface area contributed by atoms with E-state index >= 15 is 0 Å². The summed E-state index contributed by atoms with van der Waals surface area (Å²) < 4.78 is 23.1. The summed E-state index contributed by atoms with van der Waals surface area (Å²) in [4.78, 5) is 35.3. The first kappa shape index (κ1) is 23.2. The van der Waals surface area contributed by atoms with Crippen molar-refractivity contribution >= 4 is 33.4 Å². The van der Waals surface area contributed by atoms with Gasteiger partial charge in [-0.3, -0.25) is 9.59 Å². The van der Waals surface area contributed by atoms with Crippen LogP contribution in [0.15, 0.2) is 41.6 Å². The minimum Gasteiger partial charge on any atom is -0.351 e. The number of carbonyl (C=O) groups is 2. The van der Waals surface area contributed by atoms with Gasteiger partial charge < -0.3 is 10.2 Å². The van der Waals surface area contributed by atoms with Crippen molar-refractivity contribution in [3.8, 4) is 11.3 Å². The third-order valence-corrected chi connectivity index (χ3v) is 7.49. The number of thioether (sulfide) groups is 1. The third kappa shape index (κ3) is 6.76. The smallest absolute Gasteiger partial charge is 0.239 e. The normalized spacial score (nSPS) is 17.3. The highest BCUT2D eigenvalue weighted by Gasteiger charge is 2.29. The maximum absolute atomic E-state index is 12.6. The van der Waals surface area contributed by atoms with Gasteiger partial charge in [0, 0.05) is 23.8 Å². The van der Waals surface area contributed by atoms with E-state index in [1.165, 1.54) is 16.7 Å². The molecule has 0 bridgehead atoms. The predicted molar refractivity (Wildman–Crippen MR) is 120 cm³/mol. The number of amides is 2. The molecule has 1 aliphatic heterocycles. The molecule has 1 N–H and O–H groups in total. The topological polar surface area (TPSA) is 109 Å². The maximum Gasteiger partial charge on any atom is 0.239 e. The largest absolute Gasteiger partial charge is 0.351 e. The summed E-state index contributed by atoms with van der Waals surface area (Å²) in [6.07, 6.45) is 0.415. The second-order valence-corrected chi connectivity index (χ2v) is 10.6. The van der Waals surface area contributed by atoms with Crippen LogP contribution in [-0.2, 0) is 19.4 Å². The molecule has 1 atom stereocenters. The average Bonchev–Trinajstić information content (AvgIpc) is 3.08. The number of benzene rings is 1. The fraction of sp³-hybridized carbons (Fsp3) is 0.429. The van der Waals surface area contributed by atoms with E-state index in [1.54, 1.807) is 6.92 Å². The Morgan fingerprint density at radius 2 is 1.97 bits per heavy atom. The number of likely N-dealkylation sites (N-methyl/N-ethyl adjacent to an activating group) is 1. The molecule has 2 aromatic rings. The van der Waals surface area contributed by atoms with Crippen molar-refractivity contribution < 1.29 is 18.0 Å². The van der Waals surface area contributed by atoms with Gasteiger partial charge in [-0.05, 0) is 26.3 Å². The Labute approximate surface area is 186 Å². The molecule has 0 saturated carbocycles. The van der Waals surface area contributed by atoms with Crippen molar-refractivity contribution in [3.63, 3.8) is 0 Å². The number of rotatable bonds is 8. The highest BCUT2D eigenvalue weighted by atomic mass is 32.2. The Hall–Kier alpha value is -2.46. The minimum absolute atomic E-state index is 0.0386. The van der Waals surface area contributed by atoms with Crippen LogP contribution in [0.5, 0.6) is 0 Å². The molecule has 1 fully saturated rings. The molecular formula is C21H26N4O4S2. The molecule has 10 heteroatoms. The van der Waals surface area contributed by atoms with Gasteiger partial charge in [-0.1, -0.05) is 42.1 Å². The summed E-state index contributed by atoms with van der Waals surface area (Å²) in [7, 11) is -3.07. The van der Waals surface area contributed by atoms with E-state index in [9.17, 15) is 18.0 Å². The predicted octanol–water partition coefficient (Wildman–Crippen LogP) is 1.70. The molecule has 31 heavy (non-hydrogen) atoms. The number of nitrogens with one attached hydrogen (secondary N) is 1. The molecule has 1 aromatic carbocycles. The number of aromatic nitrogens is 2. The standard InChI is InChI=1S/C21H26N4O4S2/c1-3-25(12-19(26)23-17-9-10-31(28,29)14-17)20(27)13-30-21-22-15(2)11-18(24-21)16-7-5-4-6-8-16/h4-8,11,17H,3,9-10,12-14H2,1-2H3,(H,23,26)/t17-/m0/s1. The van der Waals surface area contributed by atoms with E-state index in [4.69, 9.17) is 0 Å². The Bertz CT molecular complexity index is 1040. The third-order valence-electron chi connectivity index (χ3n) is 4.89. The Kier molecular flexibility index (Phi) is 7.66. The van der Waals surface area contributed by atoms with E-state index in [1.807, 2.05) is 43.3 Å². The molecule has 1 aromatic heterocycles. The first-order valence-electron chi connectivity index (χ1n) is 10.1. The molecule has 0 radical (unpaired) electrons. The molecule has 8 nitrogen and oxygen atoms in total. The number of hydrogen-bond acceptors (Lipinski definition) is 7. The van der Waals surface area contributed by atoms with E-state index in [-0.39, 0.29) is 41.7 Å². The summed E-state index contributed by atoms with van der Waals surface area (Å²) in [6, 6.07) is 11.3.